The van der Waals surface area contributed by atoms with Crippen LogP contribution in [0.3, 0.4) is 0 Å². The van der Waals surface area contributed by atoms with Gasteiger partial charge in [-0.2, -0.15) is 0 Å². The number of aromatic amines is 1. The van der Waals surface area contributed by atoms with Gasteiger partial charge >= 0.3 is 0 Å². The molecule has 2 heterocycles. The maximum absolute atomic E-state index is 5.69. The van der Waals surface area contributed by atoms with Crippen LogP contribution < -0.4 is 5.73 Å². The molecule has 2 aromatic heterocycles. The van der Waals surface area contributed by atoms with Crippen LogP contribution in [0, 0.1) is 0 Å². The fourth-order valence-electron chi connectivity index (χ4n) is 1.09. The number of pyridine rings is 1. The molecule has 0 unspecified atom stereocenters. The molecule has 0 amide bonds. The molecule has 12 heavy (non-hydrogen) atoms. The smallest absolute Gasteiger partial charge is 0.134 e. The maximum atomic E-state index is 5.69. The summed E-state index contributed by atoms with van der Waals surface area (Å²) in [6, 6.07) is 0. The first kappa shape index (κ1) is 8.07. The Morgan fingerprint density at radius 1 is 1.33 bits per heavy atom. The normalized spacial score (nSPS) is 10.8. The number of aromatic nitrogens is 2. The Kier molecular flexibility index (Phi) is 1.84. The first-order valence-electron chi connectivity index (χ1n) is 3.26. The molecule has 0 aromatic carbocycles. The van der Waals surface area contributed by atoms with E-state index in [0.717, 1.165) is 19.8 Å². The van der Waals surface area contributed by atoms with E-state index in [2.05, 4.69) is 41.8 Å². The predicted molar refractivity (Wildman–Crippen MR) is 55.9 cm³/mol. The van der Waals surface area contributed by atoms with Crippen molar-refractivity contribution in [1.29, 1.82) is 0 Å². The zero-order valence-electron chi connectivity index (χ0n) is 5.94. The van der Waals surface area contributed by atoms with E-state index in [0.29, 0.717) is 5.82 Å². The highest BCUT2D eigenvalue weighted by Gasteiger charge is 2.07. The molecule has 3 N–H and O–H groups in total. The largest absolute Gasteiger partial charge is 0.383 e. The van der Waals surface area contributed by atoms with Gasteiger partial charge in [0.25, 0.3) is 0 Å². The molecule has 0 saturated heterocycles. The average molecular weight is 291 g/mol. The van der Waals surface area contributed by atoms with Crippen LogP contribution in [-0.2, 0) is 0 Å². The molecule has 0 aliphatic heterocycles. The van der Waals surface area contributed by atoms with Gasteiger partial charge in [0.15, 0.2) is 0 Å². The third kappa shape index (κ3) is 1.04. The van der Waals surface area contributed by atoms with Gasteiger partial charge in [-0.25, -0.2) is 4.98 Å². The van der Waals surface area contributed by atoms with Crippen LogP contribution in [0.5, 0.6) is 0 Å². The molecular formula is C7H5Br2N3. The molecule has 2 rings (SSSR count). The van der Waals surface area contributed by atoms with Gasteiger partial charge in [0, 0.05) is 16.9 Å². The van der Waals surface area contributed by atoms with Crippen molar-refractivity contribution in [2.45, 2.75) is 0 Å². The van der Waals surface area contributed by atoms with E-state index in [-0.39, 0.29) is 0 Å². The standard InChI is InChI=1S/C7H5Br2N3/c8-3-1-11-6-4(9)2-12-7(10)5(3)6/h1-2,11H,(H2,10,12). The third-order valence-electron chi connectivity index (χ3n) is 1.64. The number of nitrogens with one attached hydrogen (secondary N) is 1. The van der Waals surface area contributed by atoms with Gasteiger partial charge in [0.2, 0.25) is 0 Å². The molecule has 0 radical (unpaired) electrons. The molecule has 62 valence electrons. The van der Waals surface area contributed by atoms with Gasteiger partial charge in [-0.1, -0.05) is 0 Å². The second-order valence-electron chi connectivity index (χ2n) is 2.38. The average Bonchev–Trinajstić information content (AvgIpc) is 2.42. The Bertz CT molecular complexity index is 435. The fourth-order valence-corrected chi connectivity index (χ4v) is 2.02. The van der Waals surface area contributed by atoms with Crippen molar-refractivity contribution >= 4 is 48.6 Å². The number of nitrogen functional groups attached to an aromatic ring is 1. The second-order valence-corrected chi connectivity index (χ2v) is 4.09. The molecule has 3 nitrogen and oxygen atoms in total. The topological polar surface area (TPSA) is 54.7 Å². The highest BCUT2D eigenvalue weighted by molar-refractivity contribution is 9.11. The second kappa shape index (κ2) is 2.74. The molecule has 0 atom stereocenters. The van der Waals surface area contributed by atoms with E-state index in [4.69, 9.17) is 5.73 Å². The Hall–Kier alpha value is -0.550. The predicted octanol–water partition coefficient (Wildman–Crippen LogP) is 2.67. The number of fused-ring (bicyclic) bond motifs is 1. The molecule has 0 aliphatic rings. The summed E-state index contributed by atoms with van der Waals surface area (Å²) in [5, 5.41) is 0.921. The van der Waals surface area contributed by atoms with Crippen molar-refractivity contribution in [3.8, 4) is 0 Å². The molecule has 0 aliphatic carbocycles. The molecule has 2 aromatic rings. The lowest BCUT2D eigenvalue weighted by Crippen LogP contribution is -1.90. The van der Waals surface area contributed by atoms with Gasteiger partial charge < -0.3 is 10.7 Å². The summed E-state index contributed by atoms with van der Waals surface area (Å²) in [5.41, 5.74) is 6.66. The zero-order chi connectivity index (χ0) is 8.72. The van der Waals surface area contributed by atoms with Crippen molar-refractivity contribution in [3.05, 3.63) is 21.3 Å². The van der Waals surface area contributed by atoms with E-state index in [1.54, 1.807) is 6.20 Å². The van der Waals surface area contributed by atoms with Crippen molar-refractivity contribution in [2.24, 2.45) is 0 Å². The number of nitrogens with two attached hydrogens (primary N) is 1. The summed E-state index contributed by atoms with van der Waals surface area (Å²) in [7, 11) is 0. The number of rotatable bonds is 0. The summed E-state index contributed by atoms with van der Waals surface area (Å²) in [6.07, 6.45) is 3.52. The van der Waals surface area contributed by atoms with E-state index >= 15 is 0 Å². The fraction of sp³-hybridized carbons (Fsp3) is 0. The lowest BCUT2D eigenvalue weighted by atomic mass is 10.3. The van der Waals surface area contributed by atoms with E-state index in [1.807, 2.05) is 6.20 Å². The number of anilines is 1. The number of H-pyrrole nitrogens is 1. The number of halogens is 2. The number of hydrogen-bond donors (Lipinski definition) is 2. The first-order chi connectivity index (χ1) is 5.70. The first-order valence-corrected chi connectivity index (χ1v) is 4.85. The van der Waals surface area contributed by atoms with Crippen LogP contribution in [-0.4, -0.2) is 9.97 Å². The third-order valence-corrected chi connectivity index (χ3v) is 2.87. The molecule has 0 fully saturated rings. The minimum Gasteiger partial charge on any atom is -0.383 e. The lowest BCUT2D eigenvalue weighted by molar-refractivity contribution is 1.34. The molecule has 5 heteroatoms. The summed E-state index contributed by atoms with van der Waals surface area (Å²) in [4.78, 5) is 7.10. The van der Waals surface area contributed by atoms with Crippen molar-refractivity contribution in [3.63, 3.8) is 0 Å². The summed E-state index contributed by atoms with van der Waals surface area (Å²) in [6.45, 7) is 0. The Labute approximate surface area is 85.6 Å². The van der Waals surface area contributed by atoms with Crippen LogP contribution in [0.1, 0.15) is 0 Å². The summed E-state index contributed by atoms with van der Waals surface area (Å²) in [5.74, 6) is 0.529. The van der Waals surface area contributed by atoms with Crippen LogP contribution >= 0.6 is 31.9 Å². The van der Waals surface area contributed by atoms with E-state index in [1.165, 1.54) is 0 Å². The molecular weight excluding hydrogens is 286 g/mol. The molecule has 0 spiro atoms. The van der Waals surface area contributed by atoms with Gasteiger partial charge in [-0.3, -0.25) is 0 Å². The van der Waals surface area contributed by atoms with Crippen molar-refractivity contribution in [1.82, 2.24) is 9.97 Å². The zero-order valence-corrected chi connectivity index (χ0v) is 9.11. The van der Waals surface area contributed by atoms with Gasteiger partial charge in [-0.15, -0.1) is 0 Å². The minimum atomic E-state index is 0.529. The lowest BCUT2D eigenvalue weighted by Gasteiger charge is -1.97. The molecule has 0 bridgehead atoms. The SMILES string of the molecule is Nc1ncc(Br)c2[nH]cc(Br)c12. The Balaban J connectivity index is 2.98. The maximum Gasteiger partial charge on any atom is 0.134 e. The number of hydrogen-bond acceptors (Lipinski definition) is 2. The van der Waals surface area contributed by atoms with Gasteiger partial charge in [0.1, 0.15) is 5.82 Å². The Morgan fingerprint density at radius 3 is 2.75 bits per heavy atom. The molecule has 0 saturated carbocycles. The minimum absolute atomic E-state index is 0.529. The van der Waals surface area contributed by atoms with E-state index in [9.17, 15) is 0 Å². The van der Waals surface area contributed by atoms with Crippen LogP contribution in [0.25, 0.3) is 10.9 Å². The van der Waals surface area contributed by atoms with Crippen molar-refractivity contribution in [2.75, 3.05) is 5.73 Å². The highest BCUT2D eigenvalue weighted by atomic mass is 79.9. The monoisotopic (exact) mass is 289 g/mol. The van der Waals surface area contributed by atoms with Gasteiger partial charge in [0.05, 0.1) is 15.4 Å². The number of nitrogens with zero attached hydrogens (tertiary/aromatic N) is 1. The van der Waals surface area contributed by atoms with E-state index < -0.39 is 0 Å². The van der Waals surface area contributed by atoms with Crippen LogP contribution in [0.15, 0.2) is 21.3 Å². The quantitative estimate of drug-likeness (QED) is 0.784. The Morgan fingerprint density at radius 2 is 2.08 bits per heavy atom. The van der Waals surface area contributed by atoms with Crippen LogP contribution in [0.2, 0.25) is 0 Å². The van der Waals surface area contributed by atoms with Crippen LogP contribution in [0.4, 0.5) is 5.82 Å². The van der Waals surface area contributed by atoms with Gasteiger partial charge in [-0.05, 0) is 31.9 Å². The highest BCUT2D eigenvalue weighted by Crippen LogP contribution is 2.31. The summed E-state index contributed by atoms with van der Waals surface area (Å²) >= 11 is 6.75. The summed E-state index contributed by atoms with van der Waals surface area (Å²) < 4.78 is 1.85. The van der Waals surface area contributed by atoms with Crippen molar-refractivity contribution < 1.29 is 0 Å².